The number of hydrogen-bond donors (Lipinski definition) is 0. The summed E-state index contributed by atoms with van der Waals surface area (Å²) in [6.45, 7) is 11.6. The molecule has 1 rings (SSSR count). The van der Waals surface area contributed by atoms with Crippen LogP contribution in [0, 0.1) is 0 Å². The van der Waals surface area contributed by atoms with Gasteiger partial charge < -0.3 is 0 Å². The third-order valence-corrected chi connectivity index (χ3v) is 2.14. The standard InChI is InChI=1S/C8H12.C7H10/c1-4-6-7-8(3)5-2;1-7-5-3-2-4-6-7/h4,6-7H,1,3,5H2,2H3;2-3,5H,4,6H2,1H3/b7-6-;. The lowest BCUT2D eigenvalue weighted by molar-refractivity contribution is 0.962. The number of rotatable bonds is 3. The molecule has 1 aliphatic rings. The molecule has 0 fully saturated rings. The van der Waals surface area contributed by atoms with E-state index < -0.39 is 0 Å². The van der Waals surface area contributed by atoms with Crippen LogP contribution in [0.5, 0.6) is 0 Å². The molecule has 0 radical (unpaired) electrons. The van der Waals surface area contributed by atoms with Crippen LogP contribution >= 0.6 is 0 Å². The zero-order chi connectivity index (χ0) is 11.5. The molecule has 82 valence electrons. The second-order valence-electron chi connectivity index (χ2n) is 3.59. The Morgan fingerprint density at radius 1 is 1.53 bits per heavy atom. The van der Waals surface area contributed by atoms with E-state index in [-0.39, 0.29) is 0 Å². The van der Waals surface area contributed by atoms with Gasteiger partial charge in [0.2, 0.25) is 0 Å². The van der Waals surface area contributed by atoms with E-state index in [4.69, 9.17) is 0 Å². The minimum absolute atomic E-state index is 1.02. The van der Waals surface area contributed by atoms with Crippen LogP contribution in [-0.2, 0) is 0 Å². The highest BCUT2D eigenvalue weighted by molar-refractivity contribution is 5.17. The molecule has 0 saturated carbocycles. The minimum Gasteiger partial charge on any atom is -0.0991 e. The van der Waals surface area contributed by atoms with E-state index in [9.17, 15) is 0 Å². The number of allylic oxidation sites excluding steroid dienone is 8. The molecule has 0 atom stereocenters. The van der Waals surface area contributed by atoms with Gasteiger partial charge in [0.25, 0.3) is 0 Å². The van der Waals surface area contributed by atoms with E-state index in [0.29, 0.717) is 0 Å². The molecule has 0 aromatic carbocycles. The smallest absolute Gasteiger partial charge is 0.0285 e. The third kappa shape index (κ3) is 9.01. The summed E-state index contributed by atoms with van der Waals surface area (Å²) in [6.07, 6.45) is 15.6. The van der Waals surface area contributed by atoms with Gasteiger partial charge in [-0.15, -0.1) is 0 Å². The van der Waals surface area contributed by atoms with E-state index in [2.05, 4.69) is 45.2 Å². The lowest BCUT2D eigenvalue weighted by atomic mass is 10.1. The first-order valence-electron chi connectivity index (χ1n) is 5.49. The first-order chi connectivity index (χ1) is 7.20. The van der Waals surface area contributed by atoms with Gasteiger partial charge in [-0.2, -0.15) is 0 Å². The van der Waals surface area contributed by atoms with Crippen LogP contribution in [0.15, 0.2) is 60.8 Å². The Labute approximate surface area is 94.4 Å². The van der Waals surface area contributed by atoms with Crippen molar-refractivity contribution in [1.29, 1.82) is 0 Å². The van der Waals surface area contributed by atoms with Crippen molar-refractivity contribution in [2.75, 3.05) is 0 Å². The Bertz CT molecular complexity index is 274. The molecule has 0 bridgehead atoms. The predicted molar refractivity (Wildman–Crippen MR) is 70.9 cm³/mol. The van der Waals surface area contributed by atoms with Crippen molar-refractivity contribution in [2.24, 2.45) is 0 Å². The maximum absolute atomic E-state index is 3.78. The van der Waals surface area contributed by atoms with Crippen LogP contribution in [-0.4, -0.2) is 0 Å². The lowest BCUT2D eigenvalue weighted by Gasteiger charge is -1.98. The van der Waals surface area contributed by atoms with Gasteiger partial charge in [-0.1, -0.05) is 67.7 Å². The highest BCUT2D eigenvalue weighted by Crippen LogP contribution is 2.08. The van der Waals surface area contributed by atoms with Crippen LogP contribution in [0.2, 0.25) is 0 Å². The topological polar surface area (TPSA) is 0 Å². The van der Waals surface area contributed by atoms with Gasteiger partial charge in [0.1, 0.15) is 0 Å². The summed E-state index contributed by atoms with van der Waals surface area (Å²) in [5.74, 6) is 0. The van der Waals surface area contributed by atoms with Crippen molar-refractivity contribution in [1.82, 2.24) is 0 Å². The van der Waals surface area contributed by atoms with Crippen molar-refractivity contribution in [2.45, 2.75) is 33.1 Å². The summed E-state index contributed by atoms with van der Waals surface area (Å²) in [7, 11) is 0. The van der Waals surface area contributed by atoms with Crippen LogP contribution in [0.1, 0.15) is 33.1 Å². The Morgan fingerprint density at radius 3 is 2.60 bits per heavy atom. The minimum atomic E-state index is 1.02. The van der Waals surface area contributed by atoms with Crippen LogP contribution in [0.3, 0.4) is 0 Å². The summed E-state index contributed by atoms with van der Waals surface area (Å²) in [6, 6.07) is 0. The Balaban J connectivity index is 0.000000262. The molecule has 0 heteroatoms. The molecule has 0 unspecified atom stereocenters. The molecular weight excluding hydrogens is 180 g/mol. The largest absolute Gasteiger partial charge is 0.0991 e. The van der Waals surface area contributed by atoms with E-state index in [0.717, 1.165) is 12.0 Å². The Hall–Kier alpha value is -1.30. The van der Waals surface area contributed by atoms with Crippen molar-refractivity contribution in [3.05, 3.63) is 60.8 Å². The van der Waals surface area contributed by atoms with Crippen molar-refractivity contribution in [3.8, 4) is 0 Å². The Morgan fingerprint density at radius 2 is 2.27 bits per heavy atom. The van der Waals surface area contributed by atoms with Gasteiger partial charge in [-0.05, 0) is 26.2 Å². The highest BCUT2D eigenvalue weighted by Gasteiger charge is 1.88. The third-order valence-electron chi connectivity index (χ3n) is 2.14. The molecule has 0 aliphatic heterocycles. The first-order valence-corrected chi connectivity index (χ1v) is 5.49. The van der Waals surface area contributed by atoms with Gasteiger partial charge in [0, 0.05) is 0 Å². The van der Waals surface area contributed by atoms with E-state index in [1.165, 1.54) is 18.4 Å². The fourth-order valence-corrected chi connectivity index (χ4v) is 1.04. The molecule has 0 spiro atoms. The maximum Gasteiger partial charge on any atom is -0.0285 e. The summed E-state index contributed by atoms with van der Waals surface area (Å²) < 4.78 is 0. The van der Waals surface area contributed by atoms with Crippen molar-refractivity contribution in [3.63, 3.8) is 0 Å². The normalized spacial score (nSPS) is 14.1. The summed E-state index contributed by atoms with van der Waals surface area (Å²) in [4.78, 5) is 0. The molecule has 1 aliphatic carbocycles. The fraction of sp³-hybridized carbons (Fsp3) is 0.333. The predicted octanol–water partition coefficient (Wildman–Crippen LogP) is 4.98. The molecule has 0 nitrogen and oxygen atoms in total. The summed E-state index contributed by atoms with van der Waals surface area (Å²) in [5.41, 5.74) is 2.65. The zero-order valence-corrected chi connectivity index (χ0v) is 10.00. The molecule has 0 saturated heterocycles. The fourth-order valence-electron chi connectivity index (χ4n) is 1.04. The van der Waals surface area contributed by atoms with Gasteiger partial charge >= 0.3 is 0 Å². The maximum atomic E-state index is 3.78. The summed E-state index contributed by atoms with van der Waals surface area (Å²) >= 11 is 0. The highest BCUT2D eigenvalue weighted by atomic mass is 13.9. The van der Waals surface area contributed by atoms with Gasteiger partial charge in [-0.25, -0.2) is 0 Å². The molecule has 0 aromatic rings. The van der Waals surface area contributed by atoms with E-state index in [1.807, 2.05) is 12.2 Å². The average molecular weight is 202 g/mol. The first kappa shape index (κ1) is 13.7. The van der Waals surface area contributed by atoms with Gasteiger partial charge in [0.05, 0.1) is 0 Å². The molecular formula is C15H22. The molecule has 0 heterocycles. The number of hydrogen-bond acceptors (Lipinski definition) is 0. The average Bonchev–Trinajstić information content (AvgIpc) is 2.28. The second-order valence-corrected chi connectivity index (χ2v) is 3.59. The monoisotopic (exact) mass is 202 g/mol. The van der Waals surface area contributed by atoms with E-state index >= 15 is 0 Å². The van der Waals surface area contributed by atoms with Crippen molar-refractivity contribution >= 4 is 0 Å². The van der Waals surface area contributed by atoms with Crippen LogP contribution < -0.4 is 0 Å². The van der Waals surface area contributed by atoms with Crippen LogP contribution in [0.4, 0.5) is 0 Å². The Kier molecular flexibility index (Phi) is 8.46. The van der Waals surface area contributed by atoms with E-state index in [1.54, 1.807) is 6.08 Å². The van der Waals surface area contributed by atoms with Crippen LogP contribution in [0.25, 0.3) is 0 Å². The molecule has 0 amide bonds. The molecule has 0 N–H and O–H groups in total. The lowest BCUT2D eigenvalue weighted by Crippen LogP contribution is -1.78. The van der Waals surface area contributed by atoms with Gasteiger partial charge in [0.15, 0.2) is 0 Å². The quantitative estimate of drug-likeness (QED) is 0.566. The van der Waals surface area contributed by atoms with Crippen molar-refractivity contribution < 1.29 is 0 Å². The molecule has 15 heavy (non-hydrogen) atoms. The van der Waals surface area contributed by atoms with Gasteiger partial charge in [-0.3, -0.25) is 0 Å². The SMILES string of the molecule is C=C/C=C\C(=C)CC.CC1=CC=CCC1. The molecule has 0 aromatic heterocycles. The zero-order valence-electron chi connectivity index (χ0n) is 10.00. The second kappa shape index (κ2) is 9.26. The summed E-state index contributed by atoms with van der Waals surface area (Å²) in [5, 5.41) is 0.